The molecule has 1 aliphatic carbocycles. The monoisotopic (exact) mass is 267 g/mol. The molecule has 6 nitrogen and oxygen atoms in total. The number of aromatic nitrogens is 4. The Morgan fingerprint density at radius 3 is 3.17 bits per heavy atom. The van der Waals surface area contributed by atoms with E-state index < -0.39 is 0 Å². The standard InChI is InChI=1S/C11H14ClN5O/c12-11-15-8-4-13-17-9(8)10(16-11)14-7-3-1-2-6(7)5-18/h4,6-7,18H,1-3,5H2,(H,13,17)(H,14,15,16). The van der Waals surface area contributed by atoms with E-state index in [0.717, 1.165) is 24.8 Å². The van der Waals surface area contributed by atoms with Crippen molar-refractivity contribution in [1.82, 2.24) is 20.2 Å². The molecule has 2 aromatic rings. The first-order valence-electron chi connectivity index (χ1n) is 6.02. The predicted octanol–water partition coefficient (Wildman–Crippen LogP) is 1.58. The van der Waals surface area contributed by atoms with Crippen molar-refractivity contribution in [3.63, 3.8) is 0 Å². The third-order valence-corrected chi connectivity index (χ3v) is 3.66. The molecule has 0 amide bonds. The van der Waals surface area contributed by atoms with Gasteiger partial charge in [-0.3, -0.25) is 5.10 Å². The van der Waals surface area contributed by atoms with E-state index in [1.165, 1.54) is 0 Å². The number of H-pyrrole nitrogens is 1. The Bertz CT molecular complexity index is 557. The third kappa shape index (κ3) is 2.02. The molecule has 0 bridgehead atoms. The molecule has 3 rings (SSSR count). The van der Waals surface area contributed by atoms with Gasteiger partial charge in [0.2, 0.25) is 5.28 Å². The number of aliphatic hydroxyl groups excluding tert-OH is 1. The molecule has 18 heavy (non-hydrogen) atoms. The Morgan fingerprint density at radius 1 is 1.44 bits per heavy atom. The lowest BCUT2D eigenvalue weighted by molar-refractivity contribution is 0.222. The fraction of sp³-hybridized carbons (Fsp3) is 0.545. The molecule has 1 aliphatic rings. The Hall–Kier alpha value is -1.40. The van der Waals surface area contributed by atoms with E-state index in [2.05, 4.69) is 25.5 Å². The topological polar surface area (TPSA) is 86.7 Å². The molecule has 7 heteroatoms. The number of fused-ring (bicyclic) bond motifs is 1. The minimum absolute atomic E-state index is 0.197. The molecule has 1 fully saturated rings. The molecule has 2 unspecified atom stereocenters. The summed E-state index contributed by atoms with van der Waals surface area (Å²) in [5.41, 5.74) is 1.44. The maximum Gasteiger partial charge on any atom is 0.225 e. The Labute approximate surface area is 109 Å². The van der Waals surface area contributed by atoms with Gasteiger partial charge < -0.3 is 10.4 Å². The van der Waals surface area contributed by atoms with Crippen LogP contribution in [0.15, 0.2) is 6.20 Å². The highest BCUT2D eigenvalue weighted by Gasteiger charge is 2.27. The van der Waals surface area contributed by atoms with Gasteiger partial charge in [0.05, 0.1) is 6.20 Å². The van der Waals surface area contributed by atoms with Crippen molar-refractivity contribution >= 4 is 28.5 Å². The highest BCUT2D eigenvalue weighted by Crippen LogP contribution is 2.29. The molecule has 3 N–H and O–H groups in total. The summed E-state index contributed by atoms with van der Waals surface area (Å²) in [6.45, 7) is 0.197. The van der Waals surface area contributed by atoms with Crippen molar-refractivity contribution in [1.29, 1.82) is 0 Å². The smallest absolute Gasteiger partial charge is 0.225 e. The summed E-state index contributed by atoms with van der Waals surface area (Å²) in [6, 6.07) is 0.229. The molecule has 96 valence electrons. The Balaban J connectivity index is 1.92. The third-order valence-electron chi connectivity index (χ3n) is 3.49. The number of rotatable bonds is 3. The quantitative estimate of drug-likeness (QED) is 0.735. The first-order valence-corrected chi connectivity index (χ1v) is 6.39. The van der Waals surface area contributed by atoms with Crippen LogP contribution in [0.3, 0.4) is 0 Å². The van der Waals surface area contributed by atoms with Crippen molar-refractivity contribution in [3.05, 3.63) is 11.5 Å². The van der Waals surface area contributed by atoms with Crippen LogP contribution in [0.25, 0.3) is 11.0 Å². The lowest BCUT2D eigenvalue weighted by Crippen LogP contribution is -2.27. The summed E-state index contributed by atoms with van der Waals surface area (Å²) < 4.78 is 0. The van der Waals surface area contributed by atoms with Gasteiger partial charge in [-0.25, -0.2) is 4.98 Å². The molecule has 0 saturated heterocycles. The molecular weight excluding hydrogens is 254 g/mol. The maximum absolute atomic E-state index is 9.32. The van der Waals surface area contributed by atoms with Crippen LogP contribution >= 0.6 is 11.6 Å². The second kappa shape index (κ2) is 4.70. The number of aromatic amines is 1. The van der Waals surface area contributed by atoms with Gasteiger partial charge in [-0.1, -0.05) is 6.42 Å². The zero-order valence-electron chi connectivity index (χ0n) is 9.73. The van der Waals surface area contributed by atoms with E-state index >= 15 is 0 Å². The molecule has 0 aliphatic heterocycles. The van der Waals surface area contributed by atoms with Gasteiger partial charge in [0, 0.05) is 18.6 Å². The first kappa shape index (κ1) is 11.7. The van der Waals surface area contributed by atoms with Crippen LogP contribution in [0.2, 0.25) is 5.28 Å². The molecule has 2 atom stereocenters. The van der Waals surface area contributed by atoms with Crippen LogP contribution in [-0.2, 0) is 0 Å². The fourth-order valence-corrected chi connectivity index (χ4v) is 2.71. The van der Waals surface area contributed by atoms with Crippen LogP contribution < -0.4 is 5.32 Å². The molecule has 1 saturated carbocycles. The highest BCUT2D eigenvalue weighted by molar-refractivity contribution is 6.28. The number of anilines is 1. The maximum atomic E-state index is 9.32. The largest absolute Gasteiger partial charge is 0.396 e. The van der Waals surface area contributed by atoms with Gasteiger partial charge in [0.1, 0.15) is 11.0 Å². The first-order chi connectivity index (χ1) is 8.78. The normalized spacial score (nSPS) is 23.7. The summed E-state index contributed by atoms with van der Waals surface area (Å²) in [6.07, 6.45) is 4.81. The summed E-state index contributed by atoms with van der Waals surface area (Å²) in [5, 5.41) is 19.7. The predicted molar refractivity (Wildman–Crippen MR) is 68.5 cm³/mol. The van der Waals surface area contributed by atoms with Crippen molar-refractivity contribution < 1.29 is 5.11 Å². The van der Waals surface area contributed by atoms with Crippen LogP contribution in [0.4, 0.5) is 5.82 Å². The zero-order chi connectivity index (χ0) is 12.5. The van der Waals surface area contributed by atoms with Crippen molar-refractivity contribution in [2.24, 2.45) is 5.92 Å². The van der Waals surface area contributed by atoms with E-state index in [9.17, 15) is 5.11 Å². The molecular formula is C11H14ClN5O. The number of hydrogen-bond acceptors (Lipinski definition) is 5. The van der Waals surface area contributed by atoms with Crippen LogP contribution in [0.5, 0.6) is 0 Å². The summed E-state index contributed by atoms with van der Waals surface area (Å²) >= 11 is 5.88. The lowest BCUT2D eigenvalue weighted by Gasteiger charge is -2.19. The number of hydrogen-bond donors (Lipinski definition) is 3. The van der Waals surface area contributed by atoms with Crippen molar-refractivity contribution in [2.45, 2.75) is 25.3 Å². The van der Waals surface area contributed by atoms with Gasteiger partial charge >= 0.3 is 0 Å². The molecule has 0 radical (unpaired) electrons. The second-order valence-corrected chi connectivity index (χ2v) is 4.93. The molecule has 0 spiro atoms. The Kier molecular flexibility index (Phi) is 3.05. The van der Waals surface area contributed by atoms with E-state index in [4.69, 9.17) is 11.6 Å². The fourth-order valence-electron chi connectivity index (χ4n) is 2.54. The summed E-state index contributed by atoms with van der Waals surface area (Å²) in [4.78, 5) is 8.28. The van der Waals surface area contributed by atoms with Gasteiger partial charge in [0.15, 0.2) is 5.82 Å². The van der Waals surface area contributed by atoms with Crippen LogP contribution in [-0.4, -0.2) is 37.9 Å². The Morgan fingerprint density at radius 2 is 2.33 bits per heavy atom. The average molecular weight is 268 g/mol. The molecule has 2 heterocycles. The van der Waals surface area contributed by atoms with Crippen LogP contribution in [0.1, 0.15) is 19.3 Å². The number of nitrogens with one attached hydrogen (secondary N) is 2. The lowest BCUT2D eigenvalue weighted by atomic mass is 10.1. The SMILES string of the molecule is OCC1CCCC1Nc1nc(Cl)nc2cn[nH]c12. The summed E-state index contributed by atoms with van der Waals surface area (Å²) in [5.74, 6) is 0.935. The average Bonchev–Trinajstić information content (AvgIpc) is 2.96. The van der Waals surface area contributed by atoms with Crippen molar-refractivity contribution in [2.75, 3.05) is 11.9 Å². The van der Waals surface area contributed by atoms with Gasteiger partial charge in [0.25, 0.3) is 0 Å². The minimum Gasteiger partial charge on any atom is -0.396 e. The van der Waals surface area contributed by atoms with Gasteiger partial charge in [-0.05, 0) is 24.4 Å². The van der Waals surface area contributed by atoms with Crippen molar-refractivity contribution in [3.8, 4) is 0 Å². The van der Waals surface area contributed by atoms with E-state index in [1.54, 1.807) is 6.20 Å². The molecule has 2 aromatic heterocycles. The zero-order valence-corrected chi connectivity index (χ0v) is 10.5. The van der Waals surface area contributed by atoms with E-state index in [1.807, 2.05) is 0 Å². The second-order valence-electron chi connectivity index (χ2n) is 4.60. The van der Waals surface area contributed by atoms with E-state index in [0.29, 0.717) is 11.3 Å². The van der Waals surface area contributed by atoms with E-state index in [-0.39, 0.29) is 23.9 Å². The van der Waals surface area contributed by atoms with Crippen LogP contribution in [0, 0.1) is 5.92 Å². The van der Waals surface area contributed by atoms with Gasteiger partial charge in [-0.2, -0.15) is 10.1 Å². The number of nitrogens with zero attached hydrogens (tertiary/aromatic N) is 3. The summed E-state index contributed by atoms with van der Waals surface area (Å²) in [7, 11) is 0. The van der Waals surface area contributed by atoms with Gasteiger partial charge in [-0.15, -0.1) is 0 Å². The number of halogens is 1. The number of aliphatic hydroxyl groups is 1. The molecule has 0 aromatic carbocycles. The minimum atomic E-state index is 0.197. The highest BCUT2D eigenvalue weighted by atomic mass is 35.5.